The number of rotatable bonds is 9. The van der Waals surface area contributed by atoms with Crippen LogP contribution in [0.4, 0.5) is 5.69 Å². The van der Waals surface area contributed by atoms with Gasteiger partial charge in [-0.15, -0.1) is 0 Å². The molecule has 0 heterocycles. The molecule has 2 aromatic carbocycles. The van der Waals surface area contributed by atoms with Gasteiger partial charge in [0, 0.05) is 18.7 Å². The highest BCUT2D eigenvalue weighted by molar-refractivity contribution is 7.89. The number of amides is 1. The molecule has 0 unspecified atom stereocenters. The van der Waals surface area contributed by atoms with Crippen LogP contribution in [-0.4, -0.2) is 57.6 Å². The number of methoxy groups -OCH3 is 2. The maximum Gasteiger partial charge on any atom is 0.311 e. The van der Waals surface area contributed by atoms with Gasteiger partial charge in [0.15, 0.2) is 5.75 Å². The van der Waals surface area contributed by atoms with Gasteiger partial charge < -0.3 is 9.47 Å². The van der Waals surface area contributed by atoms with Crippen LogP contribution in [0.1, 0.15) is 5.56 Å². The first kappa shape index (κ1) is 22.8. The van der Waals surface area contributed by atoms with Crippen LogP contribution in [0.2, 0.25) is 0 Å². The van der Waals surface area contributed by atoms with Crippen molar-refractivity contribution in [2.45, 2.75) is 4.90 Å². The monoisotopic (exact) mass is 436 g/mol. The number of likely N-dealkylation sites (N-methyl/N-ethyl adjacent to an activating group) is 1. The van der Waals surface area contributed by atoms with Crippen molar-refractivity contribution in [3.63, 3.8) is 0 Å². The first-order valence-electron chi connectivity index (χ1n) is 8.43. The number of nitrogens with one attached hydrogen (secondary N) is 1. The maximum atomic E-state index is 12.5. The van der Waals surface area contributed by atoms with Crippen LogP contribution in [0, 0.1) is 10.1 Å². The molecule has 0 bridgehead atoms. The van der Waals surface area contributed by atoms with Crippen LogP contribution >= 0.6 is 0 Å². The minimum atomic E-state index is -3.88. The molecule has 160 valence electrons. The Balaban J connectivity index is 2.01. The van der Waals surface area contributed by atoms with Crippen molar-refractivity contribution in [1.82, 2.24) is 9.73 Å². The van der Waals surface area contributed by atoms with E-state index in [1.54, 1.807) is 0 Å². The maximum absolute atomic E-state index is 12.5. The molecule has 30 heavy (non-hydrogen) atoms. The van der Waals surface area contributed by atoms with E-state index < -0.39 is 27.4 Å². The number of hydrogen-bond donors (Lipinski definition) is 1. The van der Waals surface area contributed by atoms with E-state index in [0.717, 1.165) is 4.31 Å². The Labute approximate surface area is 173 Å². The second-order valence-electron chi connectivity index (χ2n) is 5.92. The van der Waals surface area contributed by atoms with Crippen molar-refractivity contribution in [2.75, 3.05) is 27.8 Å². The van der Waals surface area contributed by atoms with Gasteiger partial charge in [0.05, 0.1) is 36.8 Å². The smallest absolute Gasteiger partial charge is 0.311 e. The van der Waals surface area contributed by atoms with E-state index in [0.29, 0.717) is 11.3 Å². The van der Waals surface area contributed by atoms with E-state index in [1.807, 2.05) is 0 Å². The largest absolute Gasteiger partial charge is 0.497 e. The highest BCUT2D eigenvalue weighted by Crippen LogP contribution is 2.26. The molecule has 0 aromatic heterocycles. The molecule has 0 saturated carbocycles. The highest BCUT2D eigenvalue weighted by atomic mass is 32.2. The molecule has 0 aliphatic carbocycles. The Kier molecular flexibility index (Phi) is 7.44. The third-order valence-electron chi connectivity index (χ3n) is 3.94. The minimum Gasteiger partial charge on any atom is -0.497 e. The number of hydrazone groups is 1. The summed E-state index contributed by atoms with van der Waals surface area (Å²) in [6, 6.07) is 9.89. The summed E-state index contributed by atoms with van der Waals surface area (Å²) >= 11 is 0. The quantitative estimate of drug-likeness (QED) is 0.356. The summed E-state index contributed by atoms with van der Waals surface area (Å²) in [5.74, 6) is -0.0946. The number of hydrogen-bond acceptors (Lipinski definition) is 8. The van der Waals surface area contributed by atoms with Crippen molar-refractivity contribution in [3.8, 4) is 11.5 Å². The normalized spacial score (nSPS) is 11.5. The van der Waals surface area contributed by atoms with Crippen molar-refractivity contribution < 1.29 is 27.6 Å². The van der Waals surface area contributed by atoms with Crippen LogP contribution in [0.15, 0.2) is 52.5 Å². The topological polar surface area (TPSA) is 140 Å². The molecular formula is C18H20N4O7S. The Morgan fingerprint density at radius 1 is 1.20 bits per heavy atom. The lowest BCUT2D eigenvalue weighted by Gasteiger charge is -2.16. The second-order valence-corrected chi connectivity index (χ2v) is 7.96. The van der Waals surface area contributed by atoms with Gasteiger partial charge in [-0.05, 0) is 36.4 Å². The van der Waals surface area contributed by atoms with Gasteiger partial charge in [-0.25, -0.2) is 13.8 Å². The average molecular weight is 436 g/mol. The van der Waals surface area contributed by atoms with Crippen molar-refractivity contribution >= 4 is 27.8 Å². The van der Waals surface area contributed by atoms with E-state index >= 15 is 0 Å². The molecule has 2 aromatic rings. The summed E-state index contributed by atoms with van der Waals surface area (Å²) in [5, 5.41) is 14.7. The number of ether oxygens (including phenoxy) is 2. The van der Waals surface area contributed by atoms with Crippen LogP contribution < -0.4 is 14.9 Å². The first-order chi connectivity index (χ1) is 14.2. The van der Waals surface area contributed by atoms with Gasteiger partial charge in [0.25, 0.3) is 5.91 Å². The predicted molar refractivity (Wildman–Crippen MR) is 108 cm³/mol. The van der Waals surface area contributed by atoms with Gasteiger partial charge >= 0.3 is 5.69 Å². The fourth-order valence-electron chi connectivity index (χ4n) is 2.36. The first-order valence-corrected chi connectivity index (χ1v) is 9.87. The third kappa shape index (κ3) is 5.52. The fraction of sp³-hybridized carbons (Fsp3) is 0.222. The highest BCUT2D eigenvalue weighted by Gasteiger charge is 2.23. The molecule has 12 heteroatoms. The average Bonchev–Trinajstić information content (AvgIpc) is 2.73. The lowest BCUT2D eigenvalue weighted by atomic mass is 10.2. The number of carbonyl (C=O) groups is 1. The van der Waals surface area contributed by atoms with E-state index in [-0.39, 0.29) is 16.3 Å². The van der Waals surface area contributed by atoms with Crippen molar-refractivity contribution in [1.29, 1.82) is 0 Å². The minimum absolute atomic E-state index is 0.00708. The molecule has 0 aliphatic rings. The Bertz CT molecular complexity index is 1050. The SMILES string of the molecule is COc1ccc(S(=O)(=O)N(C)CC(=O)NN=Cc2ccc(OC)c([N+](=O)[O-])c2)cc1. The summed E-state index contributed by atoms with van der Waals surface area (Å²) in [4.78, 5) is 22.4. The van der Waals surface area contributed by atoms with Gasteiger partial charge in [-0.1, -0.05) is 0 Å². The fourth-order valence-corrected chi connectivity index (χ4v) is 3.49. The molecule has 0 fully saturated rings. The molecule has 0 atom stereocenters. The summed E-state index contributed by atoms with van der Waals surface area (Å²) in [6.45, 7) is -0.478. The van der Waals surface area contributed by atoms with Crippen LogP contribution in [-0.2, 0) is 14.8 Å². The van der Waals surface area contributed by atoms with Crippen LogP contribution in [0.5, 0.6) is 11.5 Å². The number of nitro groups is 1. The van der Waals surface area contributed by atoms with Crippen LogP contribution in [0.25, 0.3) is 0 Å². The van der Waals surface area contributed by atoms with E-state index in [9.17, 15) is 23.3 Å². The summed E-state index contributed by atoms with van der Waals surface area (Å²) in [5.41, 5.74) is 2.28. The van der Waals surface area contributed by atoms with Gasteiger partial charge in [-0.2, -0.15) is 9.41 Å². The summed E-state index contributed by atoms with van der Waals surface area (Å²) in [7, 11) is 0.152. The lowest BCUT2D eigenvalue weighted by Crippen LogP contribution is -2.36. The summed E-state index contributed by atoms with van der Waals surface area (Å²) < 4.78 is 35.8. The second kappa shape index (κ2) is 9.80. The number of nitrogens with zero attached hydrogens (tertiary/aromatic N) is 3. The summed E-state index contributed by atoms with van der Waals surface area (Å²) in [6.07, 6.45) is 1.20. The van der Waals surface area contributed by atoms with Gasteiger partial charge in [-0.3, -0.25) is 14.9 Å². The van der Waals surface area contributed by atoms with Crippen molar-refractivity contribution in [2.24, 2.45) is 5.10 Å². The molecule has 0 radical (unpaired) electrons. The van der Waals surface area contributed by atoms with E-state index in [2.05, 4.69) is 10.5 Å². The number of benzene rings is 2. The third-order valence-corrected chi connectivity index (χ3v) is 5.75. The molecule has 11 nitrogen and oxygen atoms in total. The number of sulfonamides is 1. The number of carbonyl (C=O) groups excluding carboxylic acids is 1. The molecular weight excluding hydrogens is 416 g/mol. The zero-order chi connectivity index (χ0) is 22.3. The molecule has 2 rings (SSSR count). The Morgan fingerprint density at radius 3 is 2.43 bits per heavy atom. The van der Waals surface area contributed by atoms with Gasteiger partial charge in [0.2, 0.25) is 10.0 Å². The van der Waals surface area contributed by atoms with Crippen molar-refractivity contribution in [3.05, 3.63) is 58.1 Å². The predicted octanol–water partition coefficient (Wildman–Crippen LogP) is 1.38. The van der Waals surface area contributed by atoms with E-state index in [1.165, 1.54) is 69.9 Å². The molecule has 0 aliphatic heterocycles. The number of nitro benzene ring substituents is 1. The standard InChI is InChI=1S/C18H20N4O7S/c1-21(30(26,27)15-7-5-14(28-2)6-8-15)12-18(23)20-19-11-13-4-9-17(29-3)16(10-13)22(24)25/h4-11H,12H2,1-3H3,(H,20,23). The zero-order valence-electron chi connectivity index (χ0n) is 16.4. The Morgan fingerprint density at radius 2 is 1.87 bits per heavy atom. The lowest BCUT2D eigenvalue weighted by molar-refractivity contribution is -0.385. The van der Waals surface area contributed by atoms with E-state index in [4.69, 9.17) is 9.47 Å². The van der Waals surface area contributed by atoms with Gasteiger partial charge in [0.1, 0.15) is 5.75 Å². The van der Waals surface area contributed by atoms with Crippen LogP contribution in [0.3, 0.4) is 0 Å². The molecule has 1 amide bonds. The molecule has 1 N–H and O–H groups in total. The molecule has 0 spiro atoms. The Hall–Kier alpha value is -3.51. The zero-order valence-corrected chi connectivity index (χ0v) is 17.3. The molecule has 0 saturated heterocycles.